The minimum absolute atomic E-state index is 0.0719. The van der Waals surface area contributed by atoms with Crippen molar-refractivity contribution in [1.82, 2.24) is 20.2 Å². The number of nitrogen functional groups attached to an aromatic ring is 1. The zero-order chi connectivity index (χ0) is 14.9. The van der Waals surface area contributed by atoms with E-state index in [4.69, 9.17) is 5.73 Å². The number of nitrogens with zero attached hydrogens (tertiary/aromatic N) is 2. The number of anilines is 1. The minimum atomic E-state index is -0.328. The van der Waals surface area contributed by atoms with Crippen molar-refractivity contribution < 1.29 is 0 Å². The maximum absolute atomic E-state index is 12.2. The smallest absolute Gasteiger partial charge is 0.256 e. The SMILES string of the molecule is CC(C)c1c(N)nc(C(C)(C)N2CCNCC2)[nH]c1=O. The van der Waals surface area contributed by atoms with E-state index in [-0.39, 0.29) is 17.0 Å². The number of nitrogens with one attached hydrogen (secondary N) is 2. The molecular formula is C14H25N5O. The fraction of sp³-hybridized carbons (Fsp3) is 0.714. The van der Waals surface area contributed by atoms with E-state index in [1.54, 1.807) is 0 Å². The lowest BCUT2D eigenvalue weighted by Gasteiger charge is -2.40. The predicted octanol–water partition coefficient (Wildman–Crippen LogP) is 0.616. The summed E-state index contributed by atoms with van der Waals surface area (Å²) in [4.78, 5) is 21.9. The summed E-state index contributed by atoms with van der Waals surface area (Å²) < 4.78 is 0. The van der Waals surface area contributed by atoms with Crippen molar-refractivity contribution in [2.45, 2.75) is 39.2 Å². The van der Waals surface area contributed by atoms with Crippen LogP contribution in [0.1, 0.15) is 45.0 Å². The first-order valence-electron chi connectivity index (χ1n) is 7.20. The Morgan fingerprint density at radius 2 is 1.90 bits per heavy atom. The first-order chi connectivity index (χ1) is 9.34. The highest BCUT2D eigenvalue weighted by Crippen LogP contribution is 2.26. The van der Waals surface area contributed by atoms with E-state index in [9.17, 15) is 4.79 Å². The number of aromatic nitrogens is 2. The lowest BCUT2D eigenvalue weighted by Crippen LogP contribution is -2.52. The van der Waals surface area contributed by atoms with Crippen LogP contribution in [0, 0.1) is 0 Å². The summed E-state index contributed by atoms with van der Waals surface area (Å²) in [6.45, 7) is 11.8. The fourth-order valence-corrected chi connectivity index (χ4v) is 2.72. The molecule has 4 N–H and O–H groups in total. The van der Waals surface area contributed by atoms with Crippen LogP contribution in [-0.4, -0.2) is 41.0 Å². The molecule has 1 fully saturated rings. The first kappa shape index (κ1) is 15.0. The van der Waals surface area contributed by atoms with E-state index < -0.39 is 0 Å². The number of aromatic amines is 1. The number of H-pyrrole nitrogens is 1. The van der Waals surface area contributed by atoms with E-state index in [2.05, 4.69) is 34.0 Å². The van der Waals surface area contributed by atoms with Gasteiger partial charge in [-0.05, 0) is 19.8 Å². The van der Waals surface area contributed by atoms with Crippen molar-refractivity contribution in [2.24, 2.45) is 0 Å². The van der Waals surface area contributed by atoms with Gasteiger partial charge >= 0.3 is 0 Å². The summed E-state index contributed by atoms with van der Waals surface area (Å²) >= 11 is 0. The molecule has 0 spiro atoms. The Kier molecular flexibility index (Phi) is 4.15. The molecule has 1 aliphatic heterocycles. The Bertz CT molecular complexity index is 529. The number of hydrogen-bond donors (Lipinski definition) is 3. The van der Waals surface area contributed by atoms with Crippen LogP contribution in [0.2, 0.25) is 0 Å². The fourth-order valence-electron chi connectivity index (χ4n) is 2.72. The molecule has 0 radical (unpaired) electrons. The largest absolute Gasteiger partial charge is 0.383 e. The van der Waals surface area contributed by atoms with Gasteiger partial charge in [0.1, 0.15) is 11.6 Å². The average Bonchev–Trinajstić information content (AvgIpc) is 2.38. The van der Waals surface area contributed by atoms with Crippen LogP contribution in [0.15, 0.2) is 4.79 Å². The maximum Gasteiger partial charge on any atom is 0.256 e. The van der Waals surface area contributed by atoms with Crippen molar-refractivity contribution in [2.75, 3.05) is 31.9 Å². The molecule has 0 saturated carbocycles. The molecule has 0 bridgehead atoms. The molecule has 6 nitrogen and oxygen atoms in total. The molecule has 112 valence electrons. The van der Waals surface area contributed by atoms with Crippen molar-refractivity contribution in [3.63, 3.8) is 0 Å². The van der Waals surface area contributed by atoms with Crippen LogP contribution in [0.25, 0.3) is 0 Å². The molecule has 6 heteroatoms. The van der Waals surface area contributed by atoms with E-state index >= 15 is 0 Å². The summed E-state index contributed by atoms with van der Waals surface area (Å²) in [6, 6.07) is 0. The zero-order valence-electron chi connectivity index (χ0n) is 12.8. The third-order valence-corrected chi connectivity index (χ3v) is 4.05. The molecule has 0 atom stereocenters. The quantitative estimate of drug-likeness (QED) is 0.755. The van der Waals surface area contributed by atoms with Gasteiger partial charge in [0.25, 0.3) is 5.56 Å². The lowest BCUT2D eigenvalue weighted by molar-refractivity contribution is 0.0946. The van der Waals surface area contributed by atoms with Crippen molar-refractivity contribution >= 4 is 5.82 Å². The van der Waals surface area contributed by atoms with Gasteiger partial charge in [-0.15, -0.1) is 0 Å². The molecule has 0 aliphatic carbocycles. The number of piperazine rings is 1. The second kappa shape index (κ2) is 5.54. The second-order valence-corrected chi connectivity index (χ2v) is 6.16. The molecule has 2 rings (SSSR count). The molecule has 1 aromatic rings. The van der Waals surface area contributed by atoms with Gasteiger partial charge in [0.05, 0.1) is 11.1 Å². The molecule has 1 aromatic heterocycles. The summed E-state index contributed by atoms with van der Waals surface area (Å²) in [5.74, 6) is 1.07. The van der Waals surface area contributed by atoms with E-state index in [1.807, 2.05) is 13.8 Å². The van der Waals surface area contributed by atoms with Crippen molar-refractivity contribution in [3.8, 4) is 0 Å². The van der Waals surface area contributed by atoms with E-state index in [0.29, 0.717) is 17.2 Å². The van der Waals surface area contributed by atoms with Crippen LogP contribution in [0.5, 0.6) is 0 Å². The lowest BCUT2D eigenvalue weighted by atomic mass is 9.99. The van der Waals surface area contributed by atoms with Crippen molar-refractivity contribution in [1.29, 1.82) is 0 Å². The van der Waals surface area contributed by atoms with Gasteiger partial charge < -0.3 is 16.0 Å². The second-order valence-electron chi connectivity index (χ2n) is 6.16. The summed E-state index contributed by atoms with van der Waals surface area (Å²) in [6.07, 6.45) is 0. The Hall–Kier alpha value is -1.40. The Morgan fingerprint density at radius 3 is 2.40 bits per heavy atom. The van der Waals surface area contributed by atoms with Gasteiger partial charge in [-0.25, -0.2) is 4.98 Å². The highest BCUT2D eigenvalue weighted by Gasteiger charge is 2.32. The molecule has 20 heavy (non-hydrogen) atoms. The van der Waals surface area contributed by atoms with Crippen LogP contribution in [-0.2, 0) is 5.54 Å². The number of hydrogen-bond acceptors (Lipinski definition) is 5. The van der Waals surface area contributed by atoms with Crippen LogP contribution >= 0.6 is 0 Å². The molecule has 0 aromatic carbocycles. The number of rotatable bonds is 3. The van der Waals surface area contributed by atoms with Gasteiger partial charge in [-0.2, -0.15) is 0 Å². The molecule has 1 aliphatic rings. The number of nitrogens with two attached hydrogens (primary N) is 1. The van der Waals surface area contributed by atoms with Gasteiger partial charge in [0.2, 0.25) is 0 Å². The van der Waals surface area contributed by atoms with E-state index in [1.165, 1.54) is 0 Å². The monoisotopic (exact) mass is 279 g/mol. The average molecular weight is 279 g/mol. The molecule has 0 unspecified atom stereocenters. The van der Waals surface area contributed by atoms with Crippen LogP contribution < -0.4 is 16.6 Å². The normalized spacial score (nSPS) is 17.6. The summed E-state index contributed by atoms with van der Waals surface area (Å²) in [7, 11) is 0. The van der Waals surface area contributed by atoms with Gasteiger partial charge in [-0.3, -0.25) is 9.69 Å². The minimum Gasteiger partial charge on any atom is -0.383 e. The zero-order valence-corrected chi connectivity index (χ0v) is 12.8. The van der Waals surface area contributed by atoms with Crippen LogP contribution in [0.4, 0.5) is 5.82 Å². The summed E-state index contributed by atoms with van der Waals surface area (Å²) in [5, 5.41) is 3.33. The molecule has 2 heterocycles. The Balaban J connectivity index is 2.39. The van der Waals surface area contributed by atoms with Gasteiger partial charge in [-0.1, -0.05) is 13.8 Å². The van der Waals surface area contributed by atoms with Gasteiger partial charge in [0.15, 0.2) is 0 Å². The summed E-state index contributed by atoms with van der Waals surface area (Å²) in [5.41, 5.74) is 6.11. The highest BCUT2D eigenvalue weighted by atomic mass is 16.1. The Morgan fingerprint density at radius 1 is 1.30 bits per heavy atom. The molecular weight excluding hydrogens is 254 g/mol. The topological polar surface area (TPSA) is 87.0 Å². The standard InChI is InChI=1S/C14H25N5O/c1-9(2)10-11(15)17-13(18-12(10)20)14(3,4)19-7-5-16-6-8-19/h9,16H,5-8H2,1-4H3,(H3,15,17,18,20). The third kappa shape index (κ3) is 2.71. The predicted molar refractivity (Wildman–Crippen MR) is 80.8 cm³/mol. The van der Waals surface area contributed by atoms with Gasteiger partial charge in [0, 0.05) is 26.2 Å². The third-order valence-electron chi connectivity index (χ3n) is 4.05. The van der Waals surface area contributed by atoms with Crippen molar-refractivity contribution in [3.05, 3.63) is 21.7 Å². The Labute approximate surface area is 119 Å². The first-order valence-corrected chi connectivity index (χ1v) is 7.20. The molecule has 1 saturated heterocycles. The molecule has 0 amide bonds. The highest BCUT2D eigenvalue weighted by molar-refractivity contribution is 5.40. The van der Waals surface area contributed by atoms with Crippen LogP contribution in [0.3, 0.4) is 0 Å². The maximum atomic E-state index is 12.2. The van der Waals surface area contributed by atoms with E-state index in [0.717, 1.165) is 26.2 Å².